The zero-order valence-electron chi connectivity index (χ0n) is 7.40. The summed E-state index contributed by atoms with van der Waals surface area (Å²) < 4.78 is 5.74. The highest BCUT2D eigenvalue weighted by molar-refractivity contribution is 6.21. The maximum atomic E-state index is 6.21. The molecular formula is C9H17ClO. The highest BCUT2D eigenvalue weighted by Gasteiger charge is 2.37. The van der Waals surface area contributed by atoms with Gasteiger partial charge in [0.2, 0.25) is 0 Å². The standard InChI is InChI=1S/C9H17ClO/c1-3-9(4-2)8(10)6-5-7-11-9/h8H,3-7H2,1-2H3. The first kappa shape index (κ1) is 9.34. The summed E-state index contributed by atoms with van der Waals surface area (Å²) in [6.45, 7) is 5.21. The Labute approximate surface area is 74.1 Å². The molecule has 11 heavy (non-hydrogen) atoms. The van der Waals surface area contributed by atoms with Gasteiger partial charge >= 0.3 is 0 Å². The lowest BCUT2D eigenvalue weighted by Gasteiger charge is -2.39. The Balaban J connectivity index is 2.61. The molecule has 1 unspecified atom stereocenters. The average molecular weight is 177 g/mol. The van der Waals surface area contributed by atoms with Crippen molar-refractivity contribution in [1.29, 1.82) is 0 Å². The monoisotopic (exact) mass is 176 g/mol. The quantitative estimate of drug-likeness (QED) is 0.588. The smallest absolute Gasteiger partial charge is 0.0840 e. The molecule has 0 spiro atoms. The molecule has 1 heterocycles. The van der Waals surface area contributed by atoms with Crippen molar-refractivity contribution in [1.82, 2.24) is 0 Å². The maximum Gasteiger partial charge on any atom is 0.0840 e. The molecule has 2 heteroatoms. The topological polar surface area (TPSA) is 9.23 Å². The largest absolute Gasteiger partial charge is 0.373 e. The van der Waals surface area contributed by atoms with Crippen LogP contribution >= 0.6 is 11.6 Å². The van der Waals surface area contributed by atoms with Gasteiger partial charge in [0.05, 0.1) is 11.0 Å². The van der Waals surface area contributed by atoms with E-state index >= 15 is 0 Å². The van der Waals surface area contributed by atoms with E-state index in [1.54, 1.807) is 0 Å². The minimum absolute atomic E-state index is 0.0141. The molecule has 0 aromatic heterocycles. The van der Waals surface area contributed by atoms with Gasteiger partial charge in [0, 0.05) is 6.61 Å². The van der Waals surface area contributed by atoms with Crippen LogP contribution in [0.25, 0.3) is 0 Å². The van der Waals surface area contributed by atoms with Crippen LogP contribution in [0, 0.1) is 0 Å². The van der Waals surface area contributed by atoms with Gasteiger partial charge in [0.25, 0.3) is 0 Å². The Hall–Kier alpha value is 0.250. The minimum Gasteiger partial charge on any atom is -0.373 e. The Bertz CT molecular complexity index is 121. The van der Waals surface area contributed by atoms with Crippen LogP contribution < -0.4 is 0 Å². The lowest BCUT2D eigenvalue weighted by atomic mass is 9.88. The van der Waals surface area contributed by atoms with E-state index < -0.39 is 0 Å². The van der Waals surface area contributed by atoms with Crippen molar-refractivity contribution in [2.24, 2.45) is 0 Å². The van der Waals surface area contributed by atoms with Gasteiger partial charge in [-0.25, -0.2) is 0 Å². The number of ether oxygens (including phenoxy) is 1. The summed E-state index contributed by atoms with van der Waals surface area (Å²) in [6, 6.07) is 0. The highest BCUT2D eigenvalue weighted by atomic mass is 35.5. The highest BCUT2D eigenvalue weighted by Crippen LogP contribution is 2.35. The van der Waals surface area contributed by atoms with E-state index in [4.69, 9.17) is 16.3 Å². The summed E-state index contributed by atoms with van der Waals surface area (Å²) >= 11 is 6.21. The molecule has 0 radical (unpaired) electrons. The molecule has 1 fully saturated rings. The van der Waals surface area contributed by atoms with E-state index in [1.807, 2.05) is 0 Å². The lowest BCUT2D eigenvalue weighted by Crippen LogP contribution is -2.44. The minimum atomic E-state index is -0.0141. The molecule has 1 aliphatic rings. The molecular weight excluding hydrogens is 160 g/mol. The van der Waals surface area contributed by atoms with Crippen LogP contribution in [0.15, 0.2) is 0 Å². The second-order valence-electron chi connectivity index (χ2n) is 3.23. The first-order valence-corrected chi connectivity index (χ1v) is 4.97. The van der Waals surface area contributed by atoms with Gasteiger partial charge in [-0.3, -0.25) is 0 Å². The van der Waals surface area contributed by atoms with Gasteiger partial charge < -0.3 is 4.74 Å². The van der Waals surface area contributed by atoms with Crippen molar-refractivity contribution in [3.63, 3.8) is 0 Å². The van der Waals surface area contributed by atoms with E-state index in [1.165, 1.54) is 0 Å². The number of rotatable bonds is 2. The predicted octanol–water partition coefficient (Wildman–Crippen LogP) is 2.96. The molecule has 0 N–H and O–H groups in total. The third kappa shape index (κ3) is 1.70. The Morgan fingerprint density at radius 2 is 2.09 bits per heavy atom. The first-order chi connectivity index (χ1) is 5.25. The number of halogens is 1. The summed E-state index contributed by atoms with van der Waals surface area (Å²) in [5.41, 5.74) is -0.0141. The third-order valence-corrected chi connectivity index (χ3v) is 3.38. The van der Waals surface area contributed by atoms with Gasteiger partial charge in [0.1, 0.15) is 0 Å². The fraction of sp³-hybridized carbons (Fsp3) is 1.00. The molecule has 1 aliphatic heterocycles. The third-order valence-electron chi connectivity index (χ3n) is 2.76. The fourth-order valence-electron chi connectivity index (χ4n) is 1.79. The second kappa shape index (κ2) is 3.77. The molecule has 66 valence electrons. The van der Waals surface area contributed by atoms with Crippen molar-refractivity contribution < 1.29 is 4.74 Å². The van der Waals surface area contributed by atoms with E-state index in [-0.39, 0.29) is 11.0 Å². The number of alkyl halides is 1. The molecule has 0 aromatic carbocycles. The Kier molecular flexibility index (Phi) is 3.20. The van der Waals surface area contributed by atoms with E-state index in [0.717, 1.165) is 32.3 Å². The molecule has 0 aromatic rings. The van der Waals surface area contributed by atoms with Crippen molar-refractivity contribution in [3.05, 3.63) is 0 Å². The Morgan fingerprint density at radius 1 is 1.45 bits per heavy atom. The van der Waals surface area contributed by atoms with Crippen LogP contribution in [0.1, 0.15) is 39.5 Å². The zero-order chi connectivity index (χ0) is 8.32. The lowest BCUT2D eigenvalue weighted by molar-refractivity contribution is -0.0791. The summed E-state index contributed by atoms with van der Waals surface area (Å²) in [7, 11) is 0. The second-order valence-corrected chi connectivity index (χ2v) is 3.76. The van der Waals surface area contributed by atoms with Crippen molar-refractivity contribution >= 4 is 11.6 Å². The van der Waals surface area contributed by atoms with Crippen LogP contribution in [0.2, 0.25) is 0 Å². The van der Waals surface area contributed by atoms with Crippen LogP contribution in [0.4, 0.5) is 0 Å². The summed E-state index contributed by atoms with van der Waals surface area (Å²) in [4.78, 5) is 0. The molecule has 0 aliphatic carbocycles. The Morgan fingerprint density at radius 3 is 2.45 bits per heavy atom. The van der Waals surface area contributed by atoms with Crippen LogP contribution in [0.5, 0.6) is 0 Å². The molecule has 0 amide bonds. The molecule has 1 saturated heterocycles. The number of hydrogen-bond acceptors (Lipinski definition) is 1. The van der Waals surface area contributed by atoms with Gasteiger partial charge in [-0.15, -0.1) is 11.6 Å². The van der Waals surface area contributed by atoms with E-state index in [0.29, 0.717) is 0 Å². The van der Waals surface area contributed by atoms with Crippen LogP contribution in [0.3, 0.4) is 0 Å². The van der Waals surface area contributed by atoms with Crippen LogP contribution in [-0.4, -0.2) is 17.6 Å². The maximum absolute atomic E-state index is 6.21. The predicted molar refractivity (Wildman–Crippen MR) is 48.1 cm³/mol. The summed E-state index contributed by atoms with van der Waals surface area (Å²) in [6.07, 6.45) is 4.31. The van der Waals surface area contributed by atoms with Gasteiger partial charge in [0.15, 0.2) is 0 Å². The van der Waals surface area contributed by atoms with Gasteiger partial charge in [-0.1, -0.05) is 13.8 Å². The molecule has 0 bridgehead atoms. The van der Waals surface area contributed by atoms with Crippen molar-refractivity contribution in [3.8, 4) is 0 Å². The molecule has 0 saturated carbocycles. The first-order valence-electron chi connectivity index (χ1n) is 4.53. The van der Waals surface area contributed by atoms with Gasteiger partial charge in [-0.2, -0.15) is 0 Å². The fourth-order valence-corrected chi connectivity index (χ4v) is 2.31. The SMILES string of the molecule is CCC1(CC)OCCCC1Cl. The van der Waals surface area contributed by atoms with E-state index in [2.05, 4.69) is 13.8 Å². The number of hydrogen-bond donors (Lipinski definition) is 0. The van der Waals surface area contributed by atoms with E-state index in [9.17, 15) is 0 Å². The molecule has 1 rings (SSSR count). The van der Waals surface area contributed by atoms with Gasteiger partial charge in [-0.05, 0) is 25.7 Å². The summed E-state index contributed by atoms with van der Waals surface area (Å²) in [5, 5.41) is 0.228. The molecule has 1 atom stereocenters. The van der Waals surface area contributed by atoms with Crippen molar-refractivity contribution in [2.75, 3.05) is 6.61 Å². The zero-order valence-corrected chi connectivity index (χ0v) is 8.16. The summed E-state index contributed by atoms with van der Waals surface area (Å²) in [5.74, 6) is 0. The molecule has 1 nitrogen and oxygen atoms in total. The average Bonchev–Trinajstić information content (AvgIpc) is 2.06. The van der Waals surface area contributed by atoms with Crippen LogP contribution in [-0.2, 0) is 4.74 Å². The normalized spacial score (nSPS) is 30.3. The van der Waals surface area contributed by atoms with Crippen molar-refractivity contribution in [2.45, 2.75) is 50.5 Å².